The highest BCUT2D eigenvalue weighted by Crippen LogP contribution is 2.14. The average Bonchev–Trinajstić information content (AvgIpc) is 2.77. The van der Waals surface area contributed by atoms with Crippen LogP contribution in [0.1, 0.15) is 68.7 Å². The van der Waals surface area contributed by atoms with Crippen LogP contribution in [0.15, 0.2) is 62.0 Å². The second-order valence-corrected chi connectivity index (χ2v) is 7.00. The van der Waals surface area contributed by atoms with E-state index < -0.39 is 5.97 Å². The van der Waals surface area contributed by atoms with Gasteiger partial charge in [-0.05, 0) is 61.9 Å². The summed E-state index contributed by atoms with van der Waals surface area (Å²) in [6.45, 7) is 15.2. The number of aromatic nitrogens is 1. The van der Waals surface area contributed by atoms with E-state index in [0.29, 0.717) is 12.1 Å². The number of carboxylic acid groups (broad SMARTS) is 1. The van der Waals surface area contributed by atoms with Gasteiger partial charge in [-0.3, -0.25) is 9.78 Å². The monoisotopic (exact) mass is 440 g/mol. The van der Waals surface area contributed by atoms with Gasteiger partial charge in [0.1, 0.15) is 6.29 Å². The molecule has 1 aromatic heterocycles. The van der Waals surface area contributed by atoms with Crippen molar-refractivity contribution in [3.05, 3.63) is 84.2 Å². The van der Waals surface area contributed by atoms with E-state index in [1.807, 2.05) is 18.2 Å². The molecule has 176 valence electrons. The normalized spacial score (nSPS) is 8.88. The molecule has 0 saturated carbocycles. The number of benzene rings is 1. The molecule has 1 heterocycles. The molecule has 0 unspecified atom stereocenters. The zero-order valence-corrected chi connectivity index (χ0v) is 20.1. The molecule has 0 bridgehead atoms. The van der Waals surface area contributed by atoms with Crippen LogP contribution in [-0.2, 0) is 22.4 Å². The summed E-state index contributed by atoms with van der Waals surface area (Å²) in [4.78, 5) is 23.1. The molecule has 32 heavy (non-hydrogen) atoms. The lowest BCUT2D eigenvalue weighted by molar-refractivity contribution is -0.137. The van der Waals surface area contributed by atoms with E-state index in [0.717, 1.165) is 24.7 Å². The lowest BCUT2D eigenvalue weighted by Crippen LogP contribution is -1.97. The van der Waals surface area contributed by atoms with Crippen LogP contribution in [0.3, 0.4) is 0 Å². The highest BCUT2D eigenvalue weighted by molar-refractivity contribution is 5.66. The first-order valence-electron chi connectivity index (χ1n) is 10.9. The third-order valence-corrected chi connectivity index (χ3v) is 4.16. The number of allylic oxidation sites excluding steroid dienone is 1. The number of carboxylic acids is 1. The van der Waals surface area contributed by atoms with Crippen LogP contribution in [0.2, 0.25) is 0 Å². The number of pyridine rings is 1. The molecular weight excluding hydrogens is 400 g/mol. The summed E-state index contributed by atoms with van der Waals surface area (Å²) >= 11 is 0. The second kappa shape index (κ2) is 21.0. The maximum Gasteiger partial charge on any atom is 0.303 e. The SMILES string of the molecule is C=C(N)c1cccnc1.C=CCc1ccc(CCCC(=O)O)c(C)c1.CC=O.CCCC. The Hall–Kier alpha value is -3.21. The quantitative estimate of drug-likeness (QED) is 0.379. The van der Waals surface area contributed by atoms with Crippen LogP contribution >= 0.6 is 0 Å². The Kier molecular flexibility index (Phi) is 20.4. The van der Waals surface area contributed by atoms with Gasteiger partial charge in [-0.25, -0.2) is 0 Å². The summed E-state index contributed by atoms with van der Waals surface area (Å²) in [5, 5.41) is 8.56. The molecule has 0 atom stereocenters. The zero-order valence-electron chi connectivity index (χ0n) is 20.1. The Morgan fingerprint density at radius 2 is 1.84 bits per heavy atom. The molecule has 0 amide bonds. The van der Waals surface area contributed by atoms with E-state index in [1.54, 1.807) is 12.4 Å². The molecule has 3 N–H and O–H groups in total. The molecule has 5 nitrogen and oxygen atoms in total. The van der Waals surface area contributed by atoms with Crippen molar-refractivity contribution in [3.63, 3.8) is 0 Å². The number of hydrogen-bond donors (Lipinski definition) is 2. The number of hydrogen-bond acceptors (Lipinski definition) is 4. The zero-order chi connectivity index (χ0) is 24.8. The lowest BCUT2D eigenvalue weighted by Gasteiger charge is -2.07. The van der Waals surface area contributed by atoms with Gasteiger partial charge in [-0.2, -0.15) is 0 Å². The molecule has 1 aromatic carbocycles. The molecule has 0 aliphatic carbocycles. The van der Waals surface area contributed by atoms with Crippen LogP contribution < -0.4 is 5.73 Å². The van der Waals surface area contributed by atoms with E-state index in [4.69, 9.17) is 15.6 Å². The van der Waals surface area contributed by atoms with Gasteiger partial charge < -0.3 is 15.6 Å². The van der Waals surface area contributed by atoms with Crippen LogP contribution in [0.5, 0.6) is 0 Å². The first kappa shape index (κ1) is 31.0. The van der Waals surface area contributed by atoms with Gasteiger partial charge >= 0.3 is 5.97 Å². The predicted molar refractivity (Wildman–Crippen MR) is 135 cm³/mol. The maximum atomic E-state index is 10.4. The molecule has 0 aliphatic rings. The van der Waals surface area contributed by atoms with Gasteiger partial charge in [0.25, 0.3) is 0 Å². The van der Waals surface area contributed by atoms with Crippen LogP contribution in [0, 0.1) is 6.92 Å². The Labute approximate surface area is 194 Å². The minimum Gasteiger partial charge on any atom is -0.481 e. The number of carbonyl (C=O) groups excluding carboxylic acids is 1. The van der Waals surface area contributed by atoms with Crippen LogP contribution in [0.25, 0.3) is 5.70 Å². The van der Waals surface area contributed by atoms with Crippen LogP contribution in [0.4, 0.5) is 0 Å². The highest BCUT2D eigenvalue weighted by atomic mass is 16.4. The summed E-state index contributed by atoms with van der Waals surface area (Å²) in [5.74, 6) is -0.721. The minimum absolute atomic E-state index is 0.244. The van der Waals surface area contributed by atoms with Gasteiger partial charge in [0.2, 0.25) is 0 Å². The summed E-state index contributed by atoms with van der Waals surface area (Å²) < 4.78 is 0. The van der Waals surface area contributed by atoms with Gasteiger partial charge in [0.15, 0.2) is 0 Å². The number of unbranched alkanes of at least 4 members (excludes halogenated alkanes) is 1. The fourth-order valence-electron chi connectivity index (χ4n) is 2.31. The van der Waals surface area contributed by atoms with E-state index in [2.05, 4.69) is 57.1 Å². The molecule has 5 heteroatoms. The van der Waals surface area contributed by atoms with Gasteiger partial charge in [0, 0.05) is 30.1 Å². The van der Waals surface area contributed by atoms with E-state index in [-0.39, 0.29) is 6.42 Å². The van der Waals surface area contributed by atoms with Crippen molar-refractivity contribution < 1.29 is 14.7 Å². The van der Waals surface area contributed by atoms with Crippen molar-refractivity contribution in [1.82, 2.24) is 4.98 Å². The third kappa shape index (κ3) is 17.6. The van der Waals surface area contributed by atoms with Crippen molar-refractivity contribution in [2.24, 2.45) is 5.73 Å². The minimum atomic E-state index is -0.721. The summed E-state index contributed by atoms with van der Waals surface area (Å²) in [6, 6.07) is 10.0. The highest BCUT2D eigenvalue weighted by Gasteiger charge is 2.02. The van der Waals surface area contributed by atoms with Crippen molar-refractivity contribution >= 4 is 18.0 Å². The number of carbonyl (C=O) groups is 2. The molecule has 0 saturated heterocycles. The van der Waals surface area contributed by atoms with Gasteiger partial charge in [-0.15, -0.1) is 6.58 Å². The molecule has 0 aliphatic heterocycles. The van der Waals surface area contributed by atoms with Crippen LogP contribution in [-0.4, -0.2) is 22.3 Å². The Morgan fingerprint density at radius 1 is 1.22 bits per heavy atom. The first-order valence-corrected chi connectivity index (χ1v) is 10.9. The number of nitrogens with two attached hydrogens (primary N) is 1. The van der Waals surface area contributed by atoms with Gasteiger partial charge in [0.05, 0.1) is 0 Å². The Morgan fingerprint density at radius 3 is 2.22 bits per heavy atom. The number of aryl methyl sites for hydroxylation is 2. The Bertz CT molecular complexity index is 785. The predicted octanol–water partition coefficient (Wildman–Crippen LogP) is 6.15. The van der Waals surface area contributed by atoms with Crippen molar-refractivity contribution in [1.29, 1.82) is 0 Å². The van der Waals surface area contributed by atoms with Crippen molar-refractivity contribution in [3.8, 4) is 0 Å². The summed E-state index contributed by atoms with van der Waals surface area (Å²) in [5.41, 5.74) is 10.6. The number of rotatable bonds is 8. The fourth-order valence-corrected chi connectivity index (χ4v) is 2.31. The smallest absolute Gasteiger partial charge is 0.303 e. The fraction of sp³-hybridized carbons (Fsp3) is 0.370. The molecule has 0 fully saturated rings. The van der Waals surface area contributed by atoms with Crippen molar-refractivity contribution in [2.45, 2.75) is 66.2 Å². The third-order valence-electron chi connectivity index (χ3n) is 4.16. The first-order chi connectivity index (χ1) is 15.3. The second-order valence-electron chi connectivity index (χ2n) is 7.00. The molecule has 2 rings (SSSR count). The molecule has 2 aromatic rings. The van der Waals surface area contributed by atoms with Gasteiger partial charge in [-0.1, -0.05) is 57.5 Å². The van der Waals surface area contributed by atoms with E-state index in [1.165, 1.54) is 36.5 Å². The van der Waals surface area contributed by atoms with E-state index >= 15 is 0 Å². The topological polar surface area (TPSA) is 93.3 Å². The lowest BCUT2D eigenvalue weighted by atomic mass is 9.99. The standard InChI is InChI=1S/C14H18O2.C7H8N2.C4H10.C2H4O/c1-3-5-12-8-9-13(11(2)10-12)6-4-7-14(15)16;1-6(8)7-3-2-4-9-5-7;1-3-4-2;1-2-3/h3,8-10H,1,4-7H2,2H3,(H,15,16);2-5H,1,8H2;3-4H2,1-2H3;2H,1H3. The largest absolute Gasteiger partial charge is 0.481 e. The maximum absolute atomic E-state index is 10.4. The summed E-state index contributed by atoms with van der Waals surface area (Å²) in [7, 11) is 0. The molecule has 0 spiro atoms. The molecule has 0 radical (unpaired) electrons. The van der Waals surface area contributed by atoms with E-state index in [9.17, 15) is 4.79 Å². The Balaban J connectivity index is 0. The number of aliphatic carboxylic acids is 1. The molecular formula is C27H40N2O3. The number of nitrogens with zero attached hydrogens (tertiary/aromatic N) is 1. The van der Waals surface area contributed by atoms with Crippen molar-refractivity contribution in [2.75, 3.05) is 0 Å². The average molecular weight is 441 g/mol. The number of aldehydes is 1. The summed E-state index contributed by atoms with van der Waals surface area (Å²) in [6.07, 6.45) is 11.3.